The van der Waals surface area contributed by atoms with Crippen LogP contribution in [0, 0.1) is 11.3 Å². The Morgan fingerprint density at radius 2 is 2.00 bits per heavy atom. The summed E-state index contributed by atoms with van der Waals surface area (Å²) in [6, 6.07) is 6.69. The average Bonchev–Trinajstić information content (AvgIpc) is 2.96. The molecule has 0 radical (unpaired) electrons. The van der Waals surface area contributed by atoms with Gasteiger partial charge in [0, 0.05) is 37.8 Å². The molecule has 2 heterocycles. The van der Waals surface area contributed by atoms with Crippen molar-refractivity contribution in [2.45, 2.75) is 39.8 Å². The Morgan fingerprint density at radius 3 is 2.62 bits per heavy atom. The van der Waals surface area contributed by atoms with Gasteiger partial charge in [-0.3, -0.25) is 20.7 Å². The molecule has 136 valence electrons. The zero-order valence-electron chi connectivity index (χ0n) is 16.0. The van der Waals surface area contributed by atoms with Crippen LogP contribution in [0.2, 0.25) is 0 Å². The van der Waals surface area contributed by atoms with Crippen molar-refractivity contribution in [1.82, 2.24) is 25.6 Å². The van der Waals surface area contributed by atoms with Gasteiger partial charge in [-0.2, -0.15) is 0 Å². The van der Waals surface area contributed by atoms with Crippen molar-refractivity contribution in [2.24, 2.45) is 11.3 Å². The first kappa shape index (κ1) is 19.3. The van der Waals surface area contributed by atoms with Crippen molar-refractivity contribution in [1.29, 1.82) is 0 Å². The number of nitrogens with zero attached hydrogens (tertiary/aromatic N) is 3. The van der Waals surface area contributed by atoms with Crippen molar-refractivity contribution >= 4 is 0 Å². The number of rotatable bonds is 8. The van der Waals surface area contributed by atoms with Gasteiger partial charge in [0.25, 0.3) is 0 Å². The number of aromatic nitrogens is 1. The van der Waals surface area contributed by atoms with Gasteiger partial charge in [-0.15, -0.1) is 0 Å². The van der Waals surface area contributed by atoms with Crippen molar-refractivity contribution in [3.8, 4) is 0 Å². The van der Waals surface area contributed by atoms with Gasteiger partial charge in [0.05, 0.1) is 5.69 Å². The molecule has 0 saturated carbocycles. The molecule has 1 aliphatic heterocycles. The predicted octanol–water partition coefficient (Wildman–Crippen LogP) is 1.97. The second-order valence-electron chi connectivity index (χ2n) is 8.34. The minimum absolute atomic E-state index is 0.258. The summed E-state index contributed by atoms with van der Waals surface area (Å²) in [5, 5.41) is 0. The van der Waals surface area contributed by atoms with Crippen molar-refractivity contribution < 1.29 is 0 Å². The fourth-order valence-electron chi connectivity index (χ4n) is 3.53. The van der Waals surface area contributed by atoms with E-state index in [1.807, 2.05) is 12.3 Å². The molecule has 5 heteroatoms. The largest absolute Gasteiger partial charge is 0.309 e. The van der Waals surface area contributed by atoms with Crippen LogP contribution in [0.15, 0.2) is 24.4 Å². The summed E-state index contributed by atoms with van der Waals surface area (Å²) >= 11 is 0. The maximum absolute atomic E-state index is 4.52. The number of pyridine rings is 1. The number of hydrogen-bond donors (Lipinski definition) is 2. The quantitative estimate of drug-likeness (QED) is 0.761. The van der Waals surface area contributed by atoms with Crippen LogP contribution in [0.25, 0.3) is 0 Å². The van der Waals surface area contributed by atoms with E-state index >= 15 is 0 Å². The predicted molar refractivity (Wildman–Crippen MR) is 101 cm³/mol. The summed E-state index contributed by atoms with van der Waals surface area (Å²) in [5.41, 5.74) is 8.28. The number of hydrazine groups is 1. The van der Waals surface area contributed by atoms with E-state index < -0.39 is 0 Å². The van der Waals surface area contributed by atoms with Crippen LogP contribution < -0.4 is 10.9 Å². The zero-order valence-corrected chi connectivity index (χ0v) is 16.0. The highest BCUT2D eigenvalue weighted by molar-refractivity contribution is 5.03. The molecule has 5 nitrogen and oxygen atoms in total. The van der Waals surface area contributed by atoms with E-state index in [0.29, 0.717) is 12.0 Å². The molecule has 24 heavy (non-hydrogen) atoms. The lowest BCUT2D eigenvalue weighted by Crippen LogP contribution is -2.45. The summed E-state index contributed by atoms with van der Waals surface area (Å²) < 4.78 is 0. The molecule has 1 aliphatic rings. The Morgan fingerprint density at radius 1 is 1.21 bits per heavy atom. The van der Waals surface area contributed by atoms with Gasteiger partial charge in [0.15, 0.2) is 0 Å². The Hall–Kier alpha value is -1.01. The summed E-state index contributed by atoms with van der Waals surface area (Å²) in [5.74, 6) is 0.619. The first-order valence-electron chi connectivity index (χ1n) is 9.11. The molecule has 0 spiro atoms. The van der Waals surface area contributed by atoms with Gasteiger partial charge >= 0.3 is 0 Å². The molecule has 0 aliphatic carbocycles. The van der Waals surface area contributed by atoms with E-state index in [1.54, 1.807) is 0 Å². The lowest BCUT2D eigenvalue weighted by molar-refractivity contribution is 0.165. The summed E-state index contributed by atoms with van der Waals surface area (Å²) in [4.78, 5) is 9.35. The summed E-state index contributed by atoms with van der Waals surface area (Å²) in [6.45, 7) is 12.3. The smallest absolute Gasteiger partial charge is 0.0543 e. The van der Waals surface area contributed by atoms with E-state index in [1.165, 1.54) is 6.42 Å². The highest BCUT2D eigenvalue weighted by Gasteiger charge is 2.36. The molecule has 2 N–H and O–H groups in total. The Balaban J connectivity index is 1.98. The molecule has 0 amide bonds. The molecule has 1 fully saturated rings. The second kappa shape index (κ2) is 8.90. The zero-order chi connectivity index (χ0) is 17.6. The van der Waals surface area contributed by atoms with Crippen molar-refractivity contribution in [2.75, 3.05) is 40.3 Å². The topological polar surface area (TPSA) is 43.4 Å². The highest BCUT2D eigenvalue weighted by Crippen LogP contribution is 2.28. The monoisotopic (exact) mass is 333 g/mol. The third-order valence-electron chi connectivity index (χ3n) is 4.71. The number of hydrogen-bond acceptors (Lipinski definition) is 5. The molecule has 1 saturated heterocycles. The first-order valence-corrected chi connectivity index (χ1v) is 9.11. The van der Waals surface area contributed by atoms with Gasteiger partial charge in [0.1, 0.15) is 0 Å². The molecule has 0 bridgehead atoms. The lowest BCUT2D eigenvalue weighted by atomic mass is 9.80. The van der Waals surface area contributed by atoms with Crippen LogP contribution >= 0.6 is 0 Å². The van der Waals surface area contributed by atoms with E-state index in [9.17, 15) is 0 Å². The maximum Gasteiger partial charge on any atom is 0.0543 e. The minimum atomic E-state index is 0.258. The highest BCUT2D eigenvalue weighted by atomic mass is 15.4. The minimum Gasteiger partial charge on any atom is -0.309 e. The van der Waals surface area contributed by atoms with Crippen LogP contribution in [0.5, 0.6) is 0 Å². The van der Waals surface area contributed by atoms with E-state index in [-0.39, 0.29) is 5.41 Å². The Kier molecular flexibility index (Phi) is 7.16. The van der Waals surface area contributed by atoms with Crippen molar-refractivity contribution in [3.05, 3.63) is 30.1 Å². The molecular formula is C19H35N5. The third-order valence-corrected chi connectivity index (χ3v) is 4.71. The van der Waals surface area contributed by atoms with Crippen LogP contribution in [-0.4, -0.2) is 61.1 Å². The molecule has 1 aromatic rings. The second-order valence-corrected chi connectivity index (χ2v) is 8.34. The summed E-state index contributed by atoms with van der Waals surface area (Å²) in [6.07, 6.45) is 3.08. The fourth-order valence-corrected chi connectivity index (χ4v) is 3.53. The molecule has 2 unspecified atom stereocenters. The SMILES string of the molecule is CN(C)CCCN(Cc1ccccn1)CC1CNNC1C(C)(C)C. The van der Waals surface area contributed by atoms with Gasteiger partial charge in [-0.05, 0) is 51.2 Å². The molecule has 1 aromatic heterocycles. The van der Waals surface area contributed by atoms with Gasteiger partial charge in [0.2, 0.25) is 0 Å². The Labute approximate surface area is 147 Å². The fraction of sp³-hybridized carbons (Fsp3) is 0.737. The van der Waals surface area contributed by atoms with Gasteiger partial charge < -0.3 is 4.90 Å². The lowest BCUT2D eigenvalue weighted by Gasteiger charge is -2.34. The Bertz CT molecular complexity index is 468. The molecule has 2 rings (SSSR count). The van der Waals surface area contributed by atoms with Crippen LogP contribution in [0.3, 0.4) is 0 Å². The first-order chi connectivity index (χ1) is 11.4. The van der Waals surface area contributed by atoms with Crippen LogP contribution in [-0.2, 0) is 6.54 Å². The average molecular weight is 334 g/mol. The van der Waals surface area contributed by atoms with Crippen LogP contribution in [0.4, 0.5) is 0 Å². The summed E-state index contributed by atoms with van der Waals surface area (Å²) in [7, 11) is 4.28. The van der Waals surface area contributed by atoms with E-state index in [0.717, 1.165) is 38.4 Å². The molecular weight excluding hydrogens is 298 g/mol. The van der Waals surface area contributed by atoms with Crippen LogP contribution in [0.1, 0.15) is 32.9 Å². The number of nitrogens with one attached hydrogen (secondary N) is 2. The van der Waals surface area contributed by atoms with Gasteiger partial charge in [-0.25, -0.2) is 0 Å². The standard InChI is InChI=1S/C19H35N5/c1-19(2,3)18-16(13-21-22-18)14-24(12-8-11-23(4)5)15-17-9-6-7-10-20-17/h6-7,9-10,16,18,21-22H,8,11-15H2,1-5H3. The van der Waals surface area contributed by atoms with Gasteiger partial charge in [-0.1, -0.05) is 26.8 Å². The molecule has 0 aromatic carbocycles. The third kappa shape index (κ3) is 6.13. The van der Waals surface area contributed by atoms with E-state index in [4.69, 9.17) is 0 Å². The molecule has 2 atom stereocenters. The normalized spacial score (nSPS) is 21.8. The van der Waals surface area contributed by atoms with Crippen molar-refractivity contribution in [3.63, 3.8) is 0 Å². The van der Waals surface area contributed by atoms with E-state index in [2.05, 4.69) is 72.6 Å². The maximum atomic E-state index is 4.52.